The van der Waals surface area contributed by atoms with E-state index in [1.165, 1.54) is 0 Å². The van der Waals surface area contributed by atoms with Crippen LogP contribution in [-0.2, 0) is 33.3 Å². The first kappa shape index (κ1) is 31.3. The van der Waals surface area contributed by atoms with E-state index in [1.54, 1.807) is 0 Å². The van der Waals surface area contributed by atoms with Gasteiger partial charge in [0.05, 0.1) is 6.61 Å². The molecule has 0 bridgehead atoms. The van der Waals surface area contributed by atoms with E-state index in [4.69, 9.17) is 18.9 Å². The van der Waals surface area contributed by atoms with Gasteiger partial charge in [0.2, 0.25) is 0 Å². The number of hydrogen-bond acceptors (Lipinski definition) is 7. The van der Waals surface area contributed by atoms with Crippen molar-refractivity contribution in [3.8, 4) is 0 Å². The number of rotatable bonds is 22. The molecule has 33 heavy (non-hydrogen) atoms. The largest absolute Gasteiger partial charge is 0.479 e. The molecule has 0 radical (unpaired) electrons. The summed E-state index contributed by atoms with van der Waals surface area (Å²) in [5.41, 5.74) is 0. The lowest BCUT2D eigenvalue weighted by Crippen LogP contribution is -2.29. The maximum Gasteiger partial charge on any atom is 0.335 e. The van der Waals surface area contributed by atoms with Crippen LogP contribution < -0.4 is 0 Å². The van der Waals surface area contributed by atoms with Crippen LogP contribution in [0.3, 0.4) is 0 Å². The smallest absolute Gasteiger partial charge is 0.335 e. The summed E-state index contributed by atoms with van der Waals surface area (Å²) < 4.78 is 21.6. The maximum atomic E-state index is 11.7. The van der Waals surface area contributed by atoms with Gasteiger partial charge in [-0.25, -0.2) is 4.79 Å². The third-order valence-corrected chi connectivity index (χ3v) is 5.48. The lowest BCUT2D eigenvalue weighted by molar-refractivity contribution is -0.155. The lowest BCUT2D eigenvalue weighted by Gasteiger charge is -2.15. The Morgan fingerprint density at radius 2 is 1.12 bits per heavy atom. The van der Waals surface area contributed by atoms with Gasteiger partial charge in [0, 0.05) is 26.1 Å². The summed E-state index contributed by atoms with van der Waals surface area (Å²) in [4.78, 5) is 34.8. The highest BCUT2D eigenvalue weighted by Crippen LogP contribution is 2.09. The van der Waals surface area contributed by atoms with E-state index >= 15 is 0 Å². The highest BCUT2D eigenvalue weighted by atomic mass is 16.6. The molecule has 0 fully saturated rings. The molecule has 0 aromatic heterocycles. The van der Waals surface area contributed by atoms with Gasteiger partial charge in [-0.05, 0) is 51.4 Å². The molecule has 0 heterocycles. The number of esters is 2. The van der Waals surface area contributed by atoms with Crippen molar-refractivity contribution in [3.63, 3.8) is 0 Å². The molecule has 0 spiro atoms. The predicted molar refractivity (Wildman–Crippen MR) is 126 cm³/mol. The molecular weight excluding hydrogens is 428 g/mol. The predicted octanol–water partition coefficient (Wildman–Crippen LogP) is 5.06. The molecule has 0 aromatic rings. The average Bonchev–Trinajstić information content (AvgIpc) is 2.80. The number of carbonyl (C=O) groups excluding carboxylic acids is 2. The minimum atomic E-state index is -1.05. The van der Waals surface area contributed by atoms with Gasteiger partial charge in [-0.1, -0.05) is 40.5 Å². The Kier molecular flexibility index (Phi) is 19.8. The van der Waals surface area contributed by atoms with Crippen molar-refractivity contribution < 1.29 is 38.4 Å². The number of ether oxygens (including phenoxy) is 4. The Labute approximate surface area is 199 Å². The van der Waals surface area contributed by atoms with Gasteiger partial charge in [0.25, 0.3) is 0 Å². The molecule has 194 valence electrons. The number of carbonyl (C=O) groups is 3. The van der Waals surface area contributed by atoms with Crippen LogP contribution in [0.4, 0.5) is 0 Å². The van der Waals surface area contributed by atoms with Crippen molar-refractivity contribution in [1.82, 2.24) is 0 Å². The highest BCUT2D eigenvalue weighted by Gasteiger charge is 2.18. The summed E-state index contributed by atoms with van der Waals surface area (Å²) in [6, 6.07) is 0. The summed E-state index contributed by atoms with van der Waals surface area (Å²) in [6.45, 7) is 8.72. The van der Waals surface area contributed by atoms with Gasteiger partial charge in [-0.3, -0.25) is 9.59 Å². The fourth-order valence-electron chi connectivity index (χ4n) is 3.21. The Hall–Kier alpha value is -1.67. The fourth-order valence-corrected chi connectivity index (χ4v) is 3.21. The summed E-state index contributed by atoms with van der Waals surface area (Å²) in [5.74, 6) is -1.38. The van der Waals surface area contributed by atoms with Crippen molar-refractivity contribution in [2.45, 2.75) is 123 Å². The molecule has 0 amide bonds. The van der Waals surface area contributed by atoms with Crippen LogP contribution in [0, 0.1) is 0 Å². The van der Waals surface area contributed by atoms with Crippen LogP contribution >= 0.6 is 0 Å². The van der Waals surface area contributed by atoms with Crippen LogP contribution in [0.1, 0.15) is 105 Å². The van der Waals surface area contributed by atoms with Crippen molar-refractivity contribution in [3.05, 3.63) is 0 Å². The Bertz CT molecular complexity index is 515. The quantitative estimate of drug-likeness (QED) is 0.171. The maximum absolute atomic E-state index is 11.7. The molecule has 0 aliphatic carbocycles. The van der Waals surface area contributed by atoms with Crippen LogP contribution in [0.25, 0.3) is 0 Å². The minimum Gasteiger partial charge on any atom is -0.479 e. The van der Waals surface area contributed by atoms with Crippen LogP contribution in [0.15, 0.2) is 0 Å². The molecule has 0 rings (SSSR count). The van der Waals surface area contributed by atoms with Gasteiger partial charge in [-0.15, -0.1) is 0 Å². The van der Waals surface area contributed by atoms with Crippen LogP contribution in [0.2, 0.25) is 0 Å². The molecule has 0 saturated carbocycles. The third kappa shape index (κ3) is 17.5. The summed E-state index contributed by atoms with van der Waals surface area (Å²) in [7, 11) is 0. The molecule has 1 unspecified atom stereocenters. The second kappa shape index (κ2) is 20.9. The molecule has 0 saturated heterocycles. The number of carboxylic acid groups (broad SMARTS) is 1. The van der Waals surface area contributed by atoms with Gasteiger partial charge < -0.3 is 24.1 Å². The van der Waals surface area contributed by atoms with Gasteiger partial charge in [0.15, 0.2) is 6.10 Å². The monoisotopic (exact) mass is 474 g/mol. The second-order valence-electron chi connectivity index (χ2n) is 8.25. The summed E-state index contributed by atoms with van der Waals surface area (Å²) >= 11 is 0. The minimum absolute atomic E-state index is 0.00430. The van der Waals surface area contributed by atoms with E-state index < -0.39 is 12.1 Å². The first-order valence-electron chi connectivity index (χ1n) is 12.7. The Morgan fingerprint density at radius 3 is 1.55 bits per heavy atom. The highest BCUT2D eigenvalue weighted by molar-refractivity contribution is 5.72. The second-order valence-corrected chi connectivity index (χ2v) is 8.25. The first-order chi connectivity index (χ1) is 15.9. The summed E-state index contributed by atoms with van der Waals surface area (Å²) in [5, 5.41) is 9.28. The zero-order chi connectivity index (χ0) is 24.9. The van der Waals surface area contributed by atoms with Crippen LogP contribution in [0.5, 0.6) is 0 Å². The SMILES string of the molecule is CCC(CC)OC(=O)CCCCCOCC(OCCCCCC(=O)OC(CC)CC)C(=O)O. The average molecular weight is 475 g/mol. The molecule has 0 aromatic carbocycles. The van der Waals surface area contributed by atoms with E-state index in [-0.39, 0.29) is 30.8 Å². The van der Waals surface area contributed by atoms with Gasteiger partial charge >= 0.3 is 17.9 Å². The third-order valence-electron chi connectivity index (χ3n) is 5.48. The van der Waals surface area contributed by atoms with E-state index in [0.29, 0.717) is 38.9 Å². The number of unbranched alkanes of at least 4 members (excludes halogenated alkanes) is 4. The van der Waals surface area contributed by atoms with Crippen molar-refractivity contribution in [2.24, 2.45) is 0 Å². The zero-order valence-corrected chi connectivity index (χ0v) is 21.1. The Morgan fingerprint density at radius 1 is 0.667 bits per heavy atom. The van der Waals surface area contributed by atoms with Gasteiger partial charge in [0.1, 0.15) is 12.2 Å². The van der Waals surface area contributed by atoms with Crippen LogP contribution in [-0.4, -0.2) is 61.1 Å². The van der Waals surface area contributed by atoms with Crippen molar-refractivity contribution in [1.29, 1.82) is 0 Å². The molecule has 8 heteroatoms. The zero-order valence-electron chi connectivity index (χ0n) is 21.1. The van der Waals surface area contributed by atoms with Crippen molar-refractivity contribution >= 4 is 17.9 Å². The van der Waals surface area contributed by atoms with E-state index in [9.17, 15) is 19.5 Å². The Balaban J connectivity index is 3.78. The molecule has 0 aliphatic rings. The standard InChI is InChI=1S/C25H46O8/c1-5-20(6-2)32-23(26)15-11-9-13-17-30-19-22(25(28)29)31-18-14-10-12-16-24(27)33-21(7-3)8-4/h20-22H,5-19H2,1-4H3,(H,28,29). The fraction of sp³-hybridized carbons (Fsp3) is 0.880. The normalized spacial score (nSPS) is 12.2. The van der Waals surface area contributed by atoms with E-state index in [0.717, 1.165) is 51.4 Å². The lowest BCUT2D eigenvalue weighted by atomic mass is 10.2. The molecule has 1 N–H and O–H groups in total. The topological polar surface area (TPSA) is 108 Å². The van der Waals surface area contributed by atoms with E-state index in [2.05, 4.69) is 0 Å². The molecular formula is C25H46O8. The number of hydrogen-bond donors (Lipinski definition) is 1. The molecule has 8 nitrogen and oxygen atoms in total. The van der Waals surface area contributed by atoms with Crippen molar-refractivity contribution in [2.75, 3.05) is 19.8 Å². The molecule has 1 atom stereocenters. The molecule has 0 aliphatic heterocycles. The number of carboxylic acids is 1. The van der Waals surface area contributed by atoms with Gasteiger partial charge in [-0.2, -0.15) is 0 Å². The first-order valence-corrected chi connectivity index (χ1v) is 12.7. The summed E-state index contributed by atoms with van der Waals surface area (Å²) in [6.07, 6.45) is 7.50. The van der Waals surface area contributed by atoms with E-state index in [1.807, 2.05) is 27.7 Å². The number of aliphatic carboxylic acids is 1.